The van der Waals surface area contributed by atoms with Gasteiger partial charge in [-0.1, -0.05) is 6.92 Å². The molecule has 1 aliphatic heterocycles. The highest BCUT2D eigenvalue weighted by atomic mass is 15.0. The lowest BCUT2D eigenvalue weighted by molar-refractivity contribution is 0.123. The van der Waals surface area contributed by atoms with Crippen molar-refractivity contribution in [3.05, 3.63) is 0 Å². The Kier molecular flexibility index (Phi) is 2.13. The molecule has 2 rings (SSSR count). The van der Waals surface area contributed by atoms with Crippen molar-refractivity contribution in [2.75, 3.05) is 0 Å². The summed E-state index contributed by atoms with van der Waals surface area (Å²) >= 11 is 0. The topological polar surface area (TPSA) is 38.0 Å². The third-order valence-corrected chi connectivity index (χ3v) is 3.62. The SMILES string of the molecule is CC1C[C@@H]2CC(C[C@H](C)C2N)N1. The van der Waals surface area contributed by atoms with Crippen LogP contribution in [-0.4, -0.2) is 18.1 Å². The minimum atomic E-state index is 0.464. The summed E-state index contributed by atoms with van der Waals surface area (Å²) in [6.45, 7) is 4.57. The Morgan fingerprint density at radius 3 is 2.67 bits per heavy atom. The molecule has 2 bridgehead atoms. The molecule has 1 saturated heterocycles. The lowest BCUT2D eigenvalue weighted by Gasteiger charge is -2.45. The molecular weight excluding hydrogens is 148 g/mol. The highest BCUT2D eigenvalue weighted by Gasteiger charge is 2.37. The van der Waals surface area contributed by atoms with Crippen LogP contribution in [0.15, 0.2) is 0 Å². The van der Waals surface area contributed by atoms with Gasteiger partial charge in [-0.2, -0.15) is 0 Å². The standard InChI is InChI=1S/C10H20N2/c1-6-3-9-5-8(10(6)11)4-7(2)12-9/h6-10,12H,3-5,11H2,1-2H3/t6-,7?,8+,9?,10?/m0/s1. The Labute approximate surface area is 74.9 Å². The lowest BCUT2D eigenvalue weighted by atomic mass is 9.71. The monoisotopic (exact) mass is 168 g/mol. The molecule has 0 spiro atoms. The summed E-state index contributed by atoms with van der Waals surface area (Å²) in [5.41, 5.74) is 6.16. The van der Waals surface area contributed by atoms with Crippen LogP contribution in [0.3, 0.4) is 0 Å². The molecule has 0 aromatic heterocycles. The molecule has 2 heteroatoms. The molecule has 0 radical (unpaired) electrons. The number of hydrogen-bond donors (Lipinski definition) is 2. The first-order valence-electron chi connectivity index (χ1n) is 5.18. The zero-order valence-electron chi connectivity index (χ0n) is 8.09. The van der Waals surface area contributed by atoms with Crippen molar-refractivity contribution in [1.29, 1.82) is 0 Å². The van der Waals surface area contributed by atoms with E-state index in [1.807, 2.05) is 0 Å². The van der Waals surface area contributed by atoms with Gasteiger partial charge in [0, 0.05) is 18.1 Å². The van der Waals surface area contributed by atoms with E-state index in [9.17, 15) is 0 Å². The largest absolute Gasteiger partial charge is 0.327 e. The summed E-state index contributed by atoms with van der Waals surface area (Å²) < 4.78 is 0. The molecule has 0 amide bonds. The van der Waals surface area contributed by atoms with Crippen molar-refractivity contribution in [2.45, 2.75) is 51.2 Å². The van der Waals surface area contributed by atoms with Crippen molar-refractivity contribution >= 4 is 0 Å². The Balaban J connectivity index is 2.07. The summed E-state index contributed by atoms with van der Waals surface area (Å²) in [4.78, 5) is 0. The second-order valence-corrected chi connectivity index (χ2v) is 4.79. The molecule has 0 aromatic carbocycles. The van der Waals surface area contributed by atoms with Gasteiger partial charge in [0.1, 0.15) is 0 Å². The second kappa shape index (κ2) is 3.00. The van der Waals surface area contributed by atoms with E-state index in [0.717, 1.165) is 12.0 Å². The lowest BCUT2D eigenvalue weighted by Crippen LogP contribution is -2.55. The number of nitrogens with one attached hydrogen (secondary N) is 1. The maximum absolute atomic E-state index is 6.16. The van der Waals surface area contributed by atoms with Gasteiger partial charge in [-0.05, 0) is 38.0 Å². The first-order chi connectivity index (χ1) is 5.66. The molecule has 12 heavy (non-hydrogen) atoms. The van der Waals surface area contributed by atoms with Crippen molar-refractivity contribution in [2.24, 2.45) is 17.6 Å². The normalized spacial score (nSPS) is 53.8. The fourth-order valence-electron chi connectivity index (χ4n) is 3.00. The minimum Gasteiger partial charge on any atom is -0.327 e. The Morgan fingerprint density at radius 2 is 1.92 bits per heavy atom. The number of rotatable bonds is 0. The molecule has 2 aliphatic rings. The highest BCUT2D eigenvalue weighted by Crippen LogP contribution is 2.34. The quantitative estimate of drug-likeness (QED) is 0.568. The Hall–Kier alpha value is -0.0800. The number of hydrogen-bond acceptors (Lipinski definition) is 2. The van der Waals surface area contributed by atoms with Gasteiger partial charge < -0.3 is 11.1 Å². The van der Waals surface area contributed by atoms with E-state index in [4.69, 9.17) is 5.73 Å². The zero-order valence-corrected chi connectivity index (χ0v) is 8.09. The van der Waals surface area contributed by atoms with Crippen molar-refractivity contribution in [1.82, 2.24) is 5.32 Å². The predicted octanol–water partition coefficient (Wildman–Crippen LogP) is 1.11. The molecule has 1 aliphatic carbocycles. The zero-order chi connectivity index (χ0) is 8.72. The van der Waals surface area contributed by atoms with E-state index in [-0.39, 0.29) is 0 Å². The molecule has 3 N–H and O–H groups in total. The van der Waals surface area contributed by atoms with Crippen LogP contribution in [0.2, 0.25) is 0 Å². The van der Waals surface area contributed by atoms with E-state index in [1.165, 1.54) is 19.3 Å². The van der Waals surface area contributed by atoms with Gasteiger partial charge in [0.25, 0.3) is 0 Å². The Bertz CT molecular complexity index is 165. The molecule has 70 valence electrons. The third-order valence-electron chi connectivity index (χ3n) is 3.62. The molecule has 0 aromatic rings. The van der Waals surface area contributed by atoms with E-state index in [1.54, 1.807) is 0 Å². The van der Waals surface area contributed by atoms with Crippen LogP contribution < -0.4 is 11.1 Å². The van der Waals surface area contributed by atoms with Gasteiger partial charge in [0.2, 0.25) is 0 Å². The molecule has 5 atom stereocenters. The summed E-state index contributed by atoms with van der Waals surface area (Å²) in [6, 6.07) is 1.91. The van der Waals surface area contributed by atoms with Crippen LogP contribution >= 0.6 is 0 Å². The predicted molar refractivity (Wildman–Crippen MR) is 50.9 cm³/mol. The van der Waals surface area contributed by atoms with Gasteiger partial charge in [-0.15, -0.1) is 0 Å². The molecule has 2 fully saturated rings. The summed E-state index contributed by atoms with van der Waals surface area (Å²) in [5.74, 6) is 1.50. The summed E-state index contributed by atoms with van der Waals surface area (Å²) in [7, 11) is 0. The van der Waals surface area contributed by atoms with Crippen LogP contribution in [0.5, 0.6) is 0 Å². The van der Waals surface area contributed by atoms with Crippen LogP contribution in [0.25, 0.3) is 0 Å². The average molecular weight is 168 g/mol. The van der Waals surface area contributed by atoms with Crippen molar-refractivity contribution < 1.29 is 0 Å². The molecular formula is C10H20N2. The van der Waals surface area contributed by atoms with E-state index < -0.39 is 0 Å². The van der Waals surface area contributed by atoms with Gasteiger partial charge in [-0.25, -0.2) is 0 Å². The molecule has 2 nitrogen and oxygen atoms in total. The Morgan fingerprint density at radius 1 is 1.17 bits per heavy atom. The van der Waals surface area contributed by atoms with Crippen LogP contribution in [0.4, 0.5) is 0 Å². The highest BCUT2D eigenvalue weighted by molar-refractivity contribution is 4.95. The maximum Gasteiger partial charge on any atom is 0.00947 e. The first kappa shape index (κ1) is 8.52. The maximum atomic E-state index is 6.16. The second-order valence-electron chi connectivity index (χ2n) is 4.79. The van der Waals surface area contributed by atoms with Crippen LogP contribution in [0.1, 0.15) is 33.1 Å². The number of piperidine rings is 1. The van der Waals surface area contributed by atoms with E-state index >= 15 is 0 Å². The van der Waals surface area contributed by atoms with Gasteiger partial charge in [-0.3, -0.25) is 0 Å². The molecule has 3 unspecified atom stereocenters. The van der Waals surface area contributed by atoms with E-state index in [2.05, 4.69) is 19.2 Å². The number of nitrogens with two attached hydrogens (primary N) is 1. The van der Waals surface area contributed by atoms with Crippen LogP contribution in [-0.2, 0) is 0 Å². The fourth-order valence-corrected chi connectivity index (χ4v) is 3.00. The van der Waals surface area contributed by atoms with Crippen molar-refractivity contribution in [3.8, 4) is 0 Å². The van der Waals surface area contributed by atoms with Crippen LogP contribution in [0, 0.1) is 11.8 Å². The minimum absolute atomic E-state index is 0.464. The third kappa shape index (κ3) is 1.38. The summed E-state index contributed by atoms with van der Waals surface area (Å²) in [6.07, 6.45) is 3.87. The molecule has 1 heterocycles. The smallest absolute Gasteiger partial charge is 0.00947 e. The fraction of sp³-hybridized carbons (Fsp3) is 1.00. The number of fused-ring (bicyclic) bond motifs is 2. The van der Waals surface area contributed by atoms with Gasteiger partial charge in [0.05, 0.1) is 0 Å². The van der Waals surface area contributed by atoms with Crippen molar-refractivity contribution in [3.63, 3.8) is 0 Å². The van der Waals surface area contributed by atoms with Gasteiger partial charge >= 0.3 is 0 Å². The first-order valence-corrected chi connectivity index (χ1v) is 5.18. The summed E-state index contributed by atoms with van der Waals surface area (Å²) in [5, 5.41) is 3.64. The van der Waals surface area contributed by atoms with E-state index in [0.29, 0.717) is 18.0 Å². The molecule has 1 saturated carbocycles. The average Bonchev–Trinajstić information content (AvgIpc) is 1.99. The van der Waals surface area contributed by atoms with Gasteiger partial charge in [0.15, 0.2) is 0 Å².